The lowest BCUT2D eigenvalue weighted by Crippen LogP contribution is -2.50. The van der Waals surface area contributed by atoms with Gasteiger partial charge >= 0.3 is 5.97 Å². The van der Waals surface area contributed by atoms with Gasteiger partial charge in [0.15, 0.2) is 0 Å². The molecule has 0 saturated carbocycles. The van der Waals surface area contributed by atoms with Crippen molar-refractivity contribution in [1.29, 1.82) is 0 Å². The fraction of sp³-hybridized carbons (Fsp3) is 0.500. The van der Waals surface area contributed by atoms with Crippen LogP contribution >= 0.6 is 0 Å². The van der Waals surface area contributed by atoms with Crippen LogP contribution < -0.4 is 0 Å². The summed E-state index contributed by atoms with van der Waals surface area (Å²) in [6, 6.07) is 3.34. The van der Waals surface area contributed by atoms with E-state index in [9.17, 15) is 9.59 Å². The molecule has 0 spiro atoms. The van der Waals surface area contributed by atoms with E-state index in [2.05, 4.69) is 4.98 Å². The van der Waals surface area contributed by atoms with Gasteiger partial charge < -0.3 is 14.7 Å². The average Bonchev–Trinajstić information content (AvgIpc) is 2.41. The van der Waals surface area contributed by atoms with Crippen molar-refractivity contribution in [3.63, 3.8) is 0 Å². The predicted molar refractivity (Wildman–Crippen MR) is 71.3 cm³/mol. The molecule has 108 valence electrons. The highest BCUT2D eigenvalue weighted by Crippen LogP contribution is 2.13. The SMILES string of the molecule is Cc1ccc(CC(=O)N2CCOCC2CC(=O)O)cn1. The minimum atomic E-state index is -0.921. The Morgan fingerprint density at radius 3 is 2.95 bits per heavy atom. The molecule has 1 amide bonds. The van der Waals surface area contributed by atoms with Crippen LogP contribution in [0.4, 0.5) is 0 Å². The second-order valence-electron chi connectivity index (χ2n) is 4.90. The molecule has 0 radical (unpaired) electrons. The fourth-order valence-corrected chi connectivity index (χ4v) is 2.23. The minimum Gasteiger partial charge on any atom is -0.481 e. The zero-order valence-corrected chi connectivity index (χ0v) is 11.4. The van der Waals surface area contributed by atoms with Crippen molar-refractivity contribution in [2.24, 2.45) is 0 Å². The van der Waals surface area contributed by atoms with Gasteiger partial charge in [-0.15, -0.1) is 0 Å². The number of amides is 1. The first-order valence-corrected chi connectivity index (χ1v) is 6.57. The van der Waals surface area contributed by atoms with Crippen molar-refractivity contribution < 1.29 is 19.4 Å². The quantitative estimate of drug-likeness (QED) is 0.874. The van der Waals surface area contributed by atoms with Gasteiger partial charge in [0.05, 0.1) is 32.1 Å². The Morgan fingerprint density at radius 1 is 1.50 bits per heavy atom. The van der Waals surface area contributed by atoms with E-state index in [1.807, 2.05) is 19.1 Å². The topological polar surface area (TPSA) is 79.7 Å². The maximum absolute atomic E-state index is 12.3. The van der Waals surface area contributed by atoms with Crippen LogP contribution in [-0.4, -0.2) is 52.7 Å². The van der Waals surface area contributed by atoms with Crippen molar-refractivity contribution in [1.82, 2.24) is 9.88 Å². The van der Waals surface area contributed by atoms with E-state index in [1.165, 1.54) is 0 Å². The van der Waals surface area contributed by atoms with Crippen LogP contribution in [0.3, 0.4) is 0 Å². The summed E-state index contributed by atoms with van der Waals surface area (Å²) in [5.74, 6) is -1.000. The number of carbonyl (C=O) groups excluding carboxylic acids is 1. The summed E-state index contributed by atoms with van der Waals surface area (Å²) in [6.07, 6.45) is 1.83. The third-order valence-corrected chi connectivity index (χ3v) is 3.29. The molecule has 1 aromatic rings. The van der Waals surface area contributed by atoms with Gasteiger partial charge in [0.2, 0.25) is 5.91 Å². The molecule has 1 atom stereocenters. The smallest absolute Gasteiger partial charge is 0.305 e. The van der Waals surface area contributed by atoms with Crippen LogP contribution in [0.5, 0.6) is 0 Å². The van der Waals surface area contributed by atoms with Crippen LogP contribution in [0.15, 0.2) is 18.3 Å². The summed E-state index contributed by atoms with van der Waals surface area (Å²) in [5.41, 5.74) is 1.73. The molecular weight excluding hydrogens is 260 g/mol. The van der Waals surface area contributed by atoms with E-state index < -0.39 is 5.97 Å². The molecule has 1 saturated heterocycles. The third-order valence-electron chi connectivity index (χ3n) is 3.29. The molecule has 20 heavy (non-hydrogen) atoms. The normalized spacial score (nSPS) is 18.9. The lowest BCUT2D eigenvalue weighted by atomic mass is 10.1. The van der Waals surface area contributed by atoms with E-state index in [4.69, 9.17) is 9.84 Å². The molecule has 1 aromatic heterocycles. The van der Waals surface area contributed by atoms with Gasteiger partial charge in [-0.2, -0.15) is 0 Å². The van der Waals surface area contributed by atoms with Gasteiger partial charge in [-0.05, 0) is 18.6 Å². The second kappa shape index (κ2) is 6.47. The molecule has 0 bridgehead atoms. The van der Waals surface area contributed by atoms with Crippen molar-refractivity contribution in [2.75, 3.05) is 19.8 Å². The number of nitrogens with zero attached hydrogens (tertiary/aromatic N) is 2. The Balaban J connectivity index is 2.01. The zero-order valence-electron chi connectivity index (χ0n) is 11.4. The number of rotatable bonds is 4. The Bertz CT molecular complexity index is 486. The van der Waals surface area contributed by atoms with Crippen LogP contribution in [0.1, 0.15) is 17.7 Å². The minimum absolute atomic E-state index is 0.0785. The number of hydrogen-bond donors (Lipinski definition) is 1. The van der Waals surface area contributed by atoms with Gasteiger partial charge in [0, 0.05) is 18.4 Å². The monoisotopic (exact) mass is 278 g/mol. The highest BCUT2D eigenvalue weighted by Gasteiger charge is 2.28. The average molecular weight is 278 g/mol. The molecule has 1 aliphatic rings. The van der Waals surface area contributed by atoms with Crippen LogP contribution in [-0.2, 0) is 20.7 Å². The van der Waals surface area contributed by atoms with Crippen LogP contribution in [0.2, 0.25) is 0 Å². The third kappa shape index (κ3) is 3.77. The second-order valence-corrected chi connectivity index (χ2v) is 4.90. The molecular formula is C14H18N2O4. The maximum Gasteiger partial charge on any atom is 0.305 e. The number of hydrogen-bond acceptors (Lipinski definition) is 4. The van der Waals surface area contributed by atoms with Gasteiger partial charge in [0.25, 0.3) is 0 Å². The number of aromatic nitrogens is 1. The van der Waals surface area contributed by atoms with Gasteiger partial charge in [-0.3, -0.25) is 14.6 Å². The fourth-order valence-electron chi connectivity index (χ4n) is 2.23. The zero-order chi connectivity index (χ0) is 14.5. The molecule has 0 aromatic carbocycles. The summed E-state index contributed by atoms with van der Waals surface area (Å²) in [7, 11) is 0. The van der Waals surface area contributed by atoms with Crippen molar-refractivity contribution >= 4 is 11.9 Å². The van der Waals surface area contributed by atoms with Crippen molar-refractivity contribution in [2.45, 2.75) is 25.8 Å². The first-order chi connectivity index (χ1) is 9.56. The molecule has 2 rings (SSSR count). The lowest BCUT2D eigenvalue weighted by molar-refractivity contribution is -0.145. The number of pyridine rings is 1. The van der Waals surface area contributed by atoms with E-state index >= 15 is 0 Å². The molecule has 1 fully saturated rings. The Labute approximate surface area is 117 Å². The summed E-state index contributed by atoms with van der Waals surface area (Å²) in [6.45, 7) is 3.06. The molecule has 1 N–H and O–H groups in total. The highest BCUT2D eigenvalue weighted by molar-refractivity contribution is 5.80. The molecule has 0 aliphatic carbocycles. The number of carboxylic acid groups (broad SMARTS) is 1. The van der Waals surface area contributed by atoms with Gasteiger partial charge in [-0.25, -0.2) is 0 Å². The van der Waals surface area contributed by atoms with Gasteiger partial charge in [0.1, 0.15) is 0 Å². The molecule has 6 nitrogen and oxygen atoms in total. The Hall–Kier alpha value is -1.95. The number of carboxylic acids is 1. The number of aryl methyl sites for hydroxylation is 1. The Kier molecular flexibility index (Phi) is 4.68. The predicted octanol–water partition coefficient (Wildman–Crippen LogP) is 0.635. The standard InChI is InChI=1S/C14H18N2O4/c1-10-2-3-11(8-15-10)6-13(17)16-4-5-20-9-12(16)7-14(18)19/h2-3,8,12H,4-7,9H2,1H3,(H,18,19). The first-order valence-electron chi connectivity index (χ1n) is 6.57. The van der Waals surface area contributed by atoms with E-state index in [0.29, 0.717) is 13.2 Å². The lowest BCUT2D eigenvalue weighted by Gasteiger charge is -2.34. The van der Waals surface area contributed by atoms with Crippen LogP contribution in [0.25, 0.3) is 0 Å². The highest BCUT2D eigenvalue weighted by atomic mass is 16.5. The van der Waals surface area contributed by atoms with Gasteiger partial charge in [-0.1, -0.05) is 6.07 Å². The summed E-state index contributed by atoms with van der Waals surface area (Å²) in [4.78, 5) is 28.9. The number of carbonyl (C=O) groups is 2. The Morgan fingerprint density at radius 2 is 2.30 bits per heavy atom. The van der Waals surface area contributed by atoms with E-state index in [1.54, 1.807) is 11.1 Å². The molecule has 1 unspecified atom stereocenters. The maximum atomic E-state index is 12.3. The number of morpholine rings is 1. The van der Waals surface area contributed by atoms with Crippen molar-refractivity contribution in [3.8, 4) is 0 Å². The molecule has 2 heterocycles. The largest absolute Gasteiger partial charge is 0.481 e. The van der Waals surface area contributed by atoms with E-state index in [0.717, 1.165) is 11.3 Å². The van der Waals surface area contributed by atoms with Crippen LogP contribution in [0, 0.1) is 6.92 Å². The number of ether oxygens (including phenoxy) is 1. The summed E-state index contributed by atoms with van der Waals surface area (Å²) < 4.78 is 5.26. The van der Waals surface area contributed by atoms with Crippen molar-refractivity contribution in [3.05, 3.63) is 29.6 Å². The molecule has 1 aliphatic heterocycles. The van der Waals surface area contributed by atoms with E-state index in [-0.39, 0.29) is 31.4 Å². The molecule has 6 heteroatoms. The summed E-state index contributed by atoms with van der Waals surface area (Å²) >= 11 is 0. The first kappa shape index (κ1) is 14.5. The number of aliphatic carboxylic acids is 1. The summed E-state index contributed by atoms with van der Waals surface area (Å²) in [5, 5.41) is 8.88.